The van der Waals surface area contributed by atoms with Crippen LogP contribution in [-0.4, -0.2) is 20.2 Å². The lowest BCUT2D eigenvalue weighted by Crippen LogP contribution is -2.34. The molecular formula is C18H17NO4. The average Bonchev–Trinajstić information content (AvgIpc) is 2.93. The Morgan fingerprint density at radius 1 is 1.00 bits per heavy atom. The van der Waals surface area contributed by atoms with E-state index in [2.05, 4.69) is 5.32 Å². The Morgan fingerprint density at radius 3 is 2.30 bits per heavy atom. The Bertz CT molecular complexity index is 724. The highest BCUT2D eigenvalue weighted by molar-refractivity contribution is 5.87. The van der Waals surface area contributed by atoms with Crippen molar-refractivity contribution in [2.45, 2.75) is 5.79 Å². The molecule has 0 saturated carbocycles. The first kappa shape index (κ1) is 15.1. The van der Waals surface area contributed by atoms with Gasteiger partial charge in [0.2, 0.25) is 0 Å². The highest BCUT2D eigenvalue weighted by Gasteiger charge is 2.46. The van der Waals surface area contributed by atoms with Gasteiger partial charge in [0.25, 0.3) is 5.79 Å². The number of benzene rings is 2. The normalized spacial score (nSPS) is 19.9. The summed E-state index contributed by atoms with van der Waals surface area (Å²) in [4.78, 5) is 11.9. The van der Waals surface area contributed by atoms with Crippen LogP contribution in [0, 0.1) is 0 Å². The number of rotatable bonds is 5. The van der Waals surface area contributed by atoms with E-state index in [1.165, 1.54) is 13.2 Å². The van der Waals surface area contributed by atoms with Crippen LogP contribution in [0.4, 0.5) is 5.69 Å². The molecule has 2 aromatic carbocycles. The molecule has 118 valence electrons. The molecule has 0 aromatic heterocycles. The molecule has 0 fully saturated rings. The van der Waals surface area contributed by atoms with Crippen molar-refractivity contribution in [3.05, 3.63) is 71.9 Å². The molecule has 0 bridgehead atoms. The van der Waals surface area contributed by atoms with E-state index in [1.807, 2.05) is 54.6 Å². The summed E-state index contributed by atoms with van der Waals surface area (Å²) in [5, 5.41) is 3.20. The second-order valence-corrected chi connectivity index (χ2v) is 5.02. The van der Waals surface area contributed by atoms with Crippen molar-refractivity contribution in [3.63, 3.8) is 0 Å². The van der Waals surface area contributed by atoms with Gasteiger partial charge >= 0.3 is 5.97 Å². The van der Waals surface area contributed by atoms with Crippen molar-refractivity contribution >= 4 is 11.7 Å². The predicted molar refractivity (Wildman–Crippen MR) is 85.9 cm³/mol. The van der Waals surface area contributed by atoms with Crippen LogP contribution >= 0.6 is 0 Å². The third-order valence-electron chi connectivity index (χ3n) is 3.67. The maximum atomic E-state index is 11.9. The summed E-state index contributed by atoms with van der Waals surface area (Å²) >= 11 is 0. The molecule has 1 aliphatic heterocycles. The standard InChI is InChI=1S/C18H17NO4/c1-21-15-10-8-14(9-11-15)19-16-12-17(20)23-18(16,22-2)13-6-4-3-5-7-13/h3-12,19H,1-2H3/t18-/m0/s1. The number of cyclic esters (lactones) is 1. The maximum Gasteiger partial charge on any atom is 0.335 e. The van der Waals surface area contributed by atoms with Gasteiger partial charge in [-0.25, -0.2) is 4.79 Å². The number of carbonyl (C=O) groups is 1. The van der Waals surface area contributed by atoms with Gasteiger partial charge in [0.15, 0.2) is 0 Å². The molecule has 0 spiro atoms. The zero-order chi connectivity index (χ0) is 16.3. The van der Waals surface area contributed by atoms with Crippen LogP contribution in [0.15, 0.2) is 66.4 Å². The summed E-state index contributed by atoms with van der Waals surface area (Å²) in [5.41, 5.74) is 2.06. The Labute approximate surface area is 134 Å². The van der Waals surface area contributed by atoms with Crippen molar-refractivity contribution in [2.24, 2.45) is 0 Å². The number of hydrogen-bond acceptors (Lipinski definition) is 5. The van der Waals surface area contributed by atoms with E-state index in [-0.39, 0.29) is 0 Å². The van der Waals surface area contributed by atoms with Gasteiger partial charge in [0.05, 0.1) is 7.11 Å². The van der Waals surface area contributed by atoms with Gasteiger partial charge in [-0.1, -0.05) is 30.3 Å². The third-order valence-corrected chi connectivity index (χ3v) is 3.67. The van der Waals surface area contributed by atoms with Gasteiger partial charge in [0, 0.05) is 24.4 Å². The van der Waals surface area contributed by atoms with Crippen molar-refractivity contribution in [1.29, 1.82) is 0 Å². The number of methoxy groups -OCH3 is 2. The zero-order valence-electron chi connectivity index (χ0n) is 12.9. The van der Waals surface area contributed by atoms with Crippen LogP contribution in [0.2, 0.25) is 0 Å². The van der Waals surface area contributed by atoms with Crippen LogP contribution < -0.4 is 10.1 Å². The topological polar surface area (TPSA) is 56.8 Å². The summed E-state index contributed by atoms with van der Waals surface area (Å²) in [6.07, 6.45) is 1.40. The van der Waals surface area contributed by atoms with E-state index >= 15 is 0 Å². The fourth-order valence-electron chi connectivity index (χ4n) is 2.53. The Morgan fingerprint density at radius 2 is 1.70 bits per heavy atom. The number of anilines is 1. The summed E-state index contributed by atoms with van der Waals surface area (Å²) in [5.74, 6) is -0.964. The molecule has 23 heavy (non-hydrogen) atoms. The van der Waals surface area contributed by atoms with E-state index in [9.17, 15) is 4.79 Å². The molecule has 0 unspecified atom stereocenters. The molecule has 2 aromatic rings. The average molecular weight is 311 g/mol. The molecule has 1 aliphatic rings. The Hall–Kier alpha value is -2.79. The number of esters is 1. The zero-order valence-corrected chi connectivity index (χ0v) is 12.9. The molecule has 3 rings (SSSR count). The summed E-state index contributed by atoms with van der Waals surface area (Å²) in [7, 11) is 3.12. The summed E-state index contributed by atoms with van der Waals surface area (Å²) in [6, 6.07) is 16.7. The van der Waals surface area contributed by atoms with E-state index < -0.39 is 11.8 Å². The first-order valence-electron chi connectivity index (χ1n) is 7.15. The van der Waals surface area contributed by atoms with Crippen LogP contribution in [0.3, 0.4) is 0 Å². The largest absolute Gasteiger partial charge is 0.497 e. The van der Waals surface area contributed by atoms with Gasteiger partial charge < -0.3 is 19.5 Å². The number of nitrogens with one attached hydrogen (secondary N) is 1. The van der Waals surface area contributed by atoms with Gasteiger partial charge in [-0.05, 0) is 24.3 Å². The number of ether oxygens (including phenoxy) is 3. The molecular weight excluding hydrogens is 294 g/mol. The van der Waals surface area contributed by atoms with E-state index in [4.69, 9.17) is 14.2 Å². The van der Waals surface area contributed by atoms with Crippen molar-refractivity contribution in [2.75, 3.05) is 19.5 Å². The quantitative estimate of drug-likeness (QED) is 0.860. The molecule has 1 N–H and O–H groups in total. The van der Waals surface area contributed by atoms with Crippen LogP contribution in [0.5, 0.6) is 5.75 Å². The monoisotopic (exact) mass is 311 g/mol. The molecule has 0 radical (unpaired) electrons. The molecule has 0 amide bonds. The molecule has 0 aliphatic carbocycles. The lowest BCUT2D eigenvalue weighted by atomic mass is 10.0. The highest BCUT2D eigenvalue weighted by atomic mass is 16.7. The van der Waals surface area contributed by atoms with Crippen molar-refractivity contribution < 1.29 is 19.0 Å². The lowest BCUT2D eigenvalue weighted by molar-refractivity contribution is -0.196. The van der Waals surface area contributed by atoms with E-state index in [0.717, 1.165) is 17.0 Å². The molecule has 5 nitrogen and oxygen atoms in total. The molecule has 0 saturated heterocycles. The van der Waals surface area contributed by atoms with Crippen LogP contribution in [0.25, 0.3) is 0 Å². The Kier molecular flexibility index (Phi) is 4.04. The third kappa shape index (κ3) is 2.78. The highest BCUT2D eigenvalue weighted by Crippen LogP contribution is 2.39. The first-order chi connectivity index (χ1) is 11.2. The van der Waals surface area contributed by atoms with Gasteiger partial charge in [0.1, 0.15) is 11.4 Å². The van der Waals surface area contributed by atoms with Crippen LogP contribution in [0.1, 0.15) is 5.56 Å². The lowest BCUT2D eigenvalue weighted by Gasteiger charge is -2.30. The van der Waals surface area contributed by atoms with Crippen molar-refractivity contribution in [3.8, 4) is 5.75 Å². The van der Waals surface area contributed by atoms with Gasteiger partial charge in [-0.2, -0.15) is 0 Å². The predicted octanol–water partition coefficient (Wildman–Crippen LogP) is 3.05. The minimum absolute atomic E-state index is 0.452. The smallest absolute Gasteiger partial charge is 0.335 e. The van der Waals surface area contributed by atoms with Crippen LogP contribution in [-0.2, 0) is 20.1 Å². The summed E-state index contributed by atoms with van der Waals surface area (Å²) in [6.45, 7) is 0. The molecule has 1 heterocycles. The molecule has 5 heteroatoms. The second-order valence-electron chi connectivity index (χ2n) is 5.02. The molecule has 1 atom stereocenters. The fourth-order valence-corrected chi connectivity index (χ4v) is 2.53. The maximum absolute atomic E-state index is 11.9. The Balaban J connectivity index is 1.94. The van der Waals surface area contributed by atoms with Crippen molar-refractivity contribution in [1.82, 2.24) is 0 Å². The summed E-state index contributed by atoms with van der Waals surface area (Å²) < 4.78 is 16.2. The SMILES string of the molecule is COc1ccc(NC2=CC(=O)O[C@@]2(OC)c2ccccc2)cc1. The minimum Gasteiger partial charge on any atom is -0.497 e. The van der Waals surface area contributed by atoms with E-state index in [0.29, 0.717) is 5.70 Å². The second kappa shape index (κ2) is 6.14. The number of carbonyl (C=O) groups excluding carboxylic acids is 1. The van der Waals surface area contributed by atoms with E-state index in [1.54, 1.807) is 7.11 Å². The fraction of sp³-hybridized carbons (Fsp3) is 0.167. The number of hydrogen-bond donors (Lipinski definition) is 1. The van der Waals surface area contributed by atoms with Gasteiger partial charge in [-0.15, -0.1) is 0 Å². The minimum atomic E-state index is -1.27. The first-order valence-corrected chi connectivity index (χ1v) is 7.15. The van der Waals surface area contributed by atoms with Gasteiger partial charge in [-0.3, -0.25) is 0 Å².